The maximum absolute atomic E-state index is 13.0. The minimum atomic E-state index is -3.65. The van der Waals surface area contributed by atoms with Crippen molar-refractivity contribution in [2.24, 2.45) is 17.8 Å². The maximum Gasteiger partial charge on any atom is 0.248 e. The number of likely N-dealkylation sites (tertiary alicyclic amines) is 1. The van der Waals surface area contributed by atoms with Gasteiger partial charge in [0, 0.05) is 44.2 Å². The molecule has 176 valence electrons. The largest absolute Gasteiger partial charge is 0.360 e. The molecule has 0 spiro atoms. The van der Waals surface area contributed by atoms with Crippen LogP contribution in [-0.2, 0) is 14.8 Å². The first kappa shape index (κ1) is 24.2. The van der Waals surface area contributed by atoms with Crippen molar-refractivity contribution in [1.29, 1.82) is 0 Å². The number of sulfonamides is 1. The Kier molecular flexibility index (Phi) is 7.18. The molecule has 2 aliphatic heterocycles. The molecule has 0 aliphatic carbocycles. The van der Waals surface area contributed by atoms with Crippen LogP contribution in [-0.4, -0.2) is 66.9 Å². The van der Waals surface area contributed by atoms with Crippen LogP contribution in [0.4, 0.5) is 0 Å². The molecular weight excluding hydrogens is 416 g/mol. The number of aromatic nitrogens is 1. The first-order valence-electron chi connectivity index (χ1n) is 11.4. The highest BCUT2D eigenvalue weighted by molar-refractivity contribution is 7.89. The Bertz CT molecular complexity index is 858. The van der Waals surface area contributed by atoms with Gasteiger partial charge in [0.15, 0.2) is 5.76 Å². The second-order valence-electron chi connectivity index (χ2n) is 10.2. The predicted molar refractivity (Wildman–Crippen MR) is 119 cm³/mol. The van der Waals surface area contributed by atoms with Crippen LogP contribution in [0.3, 0.4) is 0 Å². The van der Waals surface area contributed by atoms with Crippen molar-refractivity contribution in [3.05, 3.63) is 11.5 Å². The van der Waals surface area contributed by atoms with E-state index in [9.17, 15) is 13.2 Å². The standard InChI is InChI=1S/C22H38N4O4S/c1-15-11-16(2)13-25(12-15)22(5,6)14-23-21(27)19-7-9-26(10-8-19)31(28,29)20-17(3)24-30-18(20)4/h15-16,19H,7-14H2,1-6H3,(H,23,27). The average Bonchev–Trinajstić information content (AvgIpc) is 3.04. The van der Waals surface area contributed by atoms with E-state index >= 15 is 0 Å². The number of nitrogens with zero attached hydrogens (tertiary/aromatic N) is 3. The fourth-order valence-electron chi connectivity index (χ4n) is 5.05. The third-order valence-corrected chi connectivity index (χ3v) is 8.95. The summed E-state index contributed by atoms with van der Waals surface area (Å²) in [7, 11) is -3.65. The zero-order valence-corrected chi connectivity index (χ0v) is 20.6. The highest BCUT2D eigenvalue weighted by atomic mass is 32.2. The topological polar surface area (TPSA) is 95.8 Å². The van der Waals surface area contributed by atoms with Crippen LogP contribution in [0.5, 0.6) is 0 Å². The molecule has 2 aliphatic rings. The van der Waals surface area contributed by atoms with Crippen molar-refractivity contribution in [2.75, 3.05) is 32.7 Å². The van der Waals surface area contributed by atoms with Crippen LogP contribution < -0.4 is 5.32 Å². The fourth-order valence-corrected chi connectivity index (χ4v) is 6.81. The fraction of sp³-hybridized carbons (Fsp3) is 0.818. The van der Waals surface area contributed by atoms with E-state index in [-0.39, 0.29) is 22.3 Å². The second-order valence-corrected chi connectivity index (χ2v) is 12.1. The summed E-state index contributed by atoms with van der Waals surface area (Å²) in [5.41, 5.74) is 0.271. The van der Waals surface area contributed by atoms with Crippen molar-refractivity contribution in [3.63, 3.8) is 0 Å². The van der Waals surface area contributed by atoms with E-state index in [1.54, 1.807) is 13.8 Å². The second kappa shape index (κ2) is 9.19. The summed E-state index contributed by atoms with van der Waals surface area (Å²) in [6.45, 7) is 15.6. The molecule has 0 saturated carbocycles. The molecule has 31 heavy (non-hydrogen) atoms. The van der Waals surface area contributed by atoms with Gasteiger partial charge in [-0.1, -0.05) is 19.0 Å². The Morgan fingerprint density at radius 1 is 1.16 bits per heavy atom. The molecule has 0 radical (unpaired) electrons. The maximum atomic E-state index is 13.0. The van der Waals surface area contributed by atoms with Crippen molar-refractivity contribution in [1.82, 2.24) is 19.7 Å². The Morgan fingerprint density at radius 2 is 1.74 bits per heavy atom. The van der Waals surface area contributed by atoms with Crippen LogP contribution >= 0.6 is 0 Å². The van der Waals surface area contributed by atoms with Crippen LogP contribution in [0, 0.1) is 31.6 Å². The third-order valence-electron chi connectivity index (χ3n) is 6.81. The molecule has 2 saturated heterocycles. The minimum absolute atomic E-state index is 0.0283. The van der Waals surface area contributed by atoms with Crippen molar-refractivity contribution in [3.8, 4) is 0 Å². The van der Waals surface area contributed by atoms with Crippen LogP contribution in [0.2, 0.25) is 0 Å². The van der Waals surface area contributed by atoms with Gasteiger partial charge in [-0.15, -0.1) is 0 Å². The quantitative estimate of drug-likeness (QED) is 0.710. The Hall–Kier alpha value is -1.45. The molecule has 9 heteroatoms. The zero-order chi connectivity index (χ0) is 23.0. The van der Waals surface area contributed by atoms with Crippen molar-refractivity contribution in [2.45, 2.75) is 71.2 Å². The molecule has 8 nitrogen and oxygen atoms in total. The Balaban J connectivity index is 1.53. The lowest BCUT2D eigenvalue weighted by Crippen LogP contribution is -2.56. The molecular formula is C22H38N4O4S. The van der Waals surface area contributed by atoms with Gasteiger partial charge < -0.3 is 9.84 Å². The predicted octanol–water partition coefficient (Wildman–Crippen LogP) is 2.56. The van der Waals surface area contributed by atoms with Crippen molar-refractivity contribution < 1.29 is 17.7 Å². The zero-order valence-electron chi connectivity index (χ0n) is 19.8. The third kappa shape index (κ3) is 5.31. The van der Waals surface area contributed by atoms with E-state index in [0.717, 1.165) is 13.1 Å². The number of hydrogen-bond acceptors (Lipinski definition) is 6. The van der Waals surface area contributed by atoms with Crippen molar-refractivity contribution >= 4 is 15.9 Å². The van der Waals surface area contributed by atoms with E-state index in [2.05, 4.69) is 43.1 Å². The summed E-state index contributed by atoms with van der Waals surface area (Å²) in [5, 5.41) is 6.91. The van der Waals surface area contributed by atoms with Crippen LogP contribution in [0.15, 0.2) is 9.42 Å². The lowest BCUT2D eigenvalue weighted by Gasteiger charge is -2.45. The summed E-state index contributed by atoms with van der Waals surface area (Å²) >= 11 is 0. The lowest BCUT2D eigenvalue weighted by molar-refractivity contribution is -0.126. The summed E-state index contributed by atoms with van der Waals surface area (Å²) < 4.78 is 32.4. The molecule has 0 aromatic carbocycles. The molecule has 2 fully saturated rings. The molecule has 3 rings (SSSR count). The summed E-state index contributed by atoms with van der Waals surface area (Å²) in [4.78, 5) is 15.5. The number of carbonyl (C=O) groups excluding carboxylic acids is 1. The highest BCUT2D eigenvalue weighted by Crippen LogP contribution is 2.29. The summed E-state index contributed by atoms with van der Waals surface area (Å²) in [5.74, 6) is 1.51. The average molecular weight is 455 g/mol. The van der Waals surface area contributed by atoms with Gasteiger partial charge in [-0.2, -0.15) is 4.31 Å². The number of piperidine rings is 2. The summed E-state index contributed by atoms with van der Waals surface area (Å²) in [6.07, 6.45) is 2.30. The molecule has 2 unspecified atom stereocenters. The molecule has 0 bridgehead atoms. The first-order chi connectivity index (χ1) is 14.4. The van der Waals surface area contributed by atoms with Gasteiger partial charge in [0.2, 0.25) is 15.9 Å². The monoisotopic (exact) mass is 454 g/mol. The van der Waals surface area contributed by atoms with E-state index in [4.69, 9.17) is 4.52 Å². The lowest BCUT2D eigenvalue weighted by atomic mass is 9.88. The highest BCUT2D eigenvalue weighted by Gasteiger charge is 2.37. The number of aryl methyl sites for hydroxylation is 2. The van der Waals surface area contributed by atoms with E-state index in [1.165, 1.54) is 10.7 Å². The Labute approximate surface area is 186 Å². The van der Waals surface area contributed by atoms with E-state index in [0.29, 0.717) is 55.8 Å². The van der Waals surface area contributed by atoms with Gasteiger partial charge in [-0.3, -0.25) is 9.69 Å². The molecule has 1 N–H and O–H groups in total. The SMILES string of the molecule is Cc1noc(C)c1S(=O)(=O)N1CCC(C(=O)NCC(C)(C)N2CC(C)CC(C)C2)CC1. The normalized spacial score (nSPS) is 25.0. The smallest absolute Gasteiger partial charge is 0.248 e. The number of nitrogens with one attached hydrogen (secondary N) is 1. The first-order valence-corrected chi connectivity index (χ1v) is 12.8. The van der Waals surface area contributed by atoms with Gasteiger partial charge in [0.1, 0.15) is 10.6 Å². The Morgan fingerprint density at radius 3 is 2.26 bits per heavy atom. The van der Waals surface area contributed by atoms with Crippen LogP contribution in [0.1, 0.15) is 58.4 Å². The van der Waals surface area contributed by atoms with Gasteiger partial charge in [-0.05, 0) is 58.8 Å². The van der Waals surface area contributed by atoms with Gasteiger partial charge >= 0.3 is 0 Å². The van der Waals surface area contributed by atoms with Gasteiger partial charge in [-0.25, -0.2) is 8.42 Å². The number of carbonyl (C=O) groups is 1. The van der Waals surface area contributed by atoms with Gasteiger partial charge in [0.05, 0.1) is 0 Å². The molecule has 3 heterocycles. The van der Waals surface area contributed by atoms with Gasteiger partial charge in [0.25, 0.3) is 0 Å². The minimum Gasteiger partial charge on any atom is -0.360 e. The number of rotatable bonds is 6. The molecule has 1 aromatic rings. The molecule has 1 amide bonds. The number of amides is 1. The molecule has 2 atom stereocenters. The van der Waals surface area contributed by atoms with E-state index < -0.39 is 10.0 Å². The number of hydrogen-bond donors (Lipinski definition) is 1. The summed E-state index contributed by atoms with van der Waals surface area (Å²) in [6, 6.07) is 0. The van der Waals surface area contributed by atoms with E-state index in [1.807, 2.05) is 0 Å². The van der Waals surface area contributed by atoms with Crippen LogP contribution in [0.25, 0.3) is 0 Å². The molecule has 1 aromatic heterocycles.